The number of nitrogens with one attached hydrogen (secondary N) is 1. The van der Waals surface area contributed by atoms with Crippen molar-refractivity contribution in [3.8, 4) is 0 Å². The topological polar surface area (TPSA) is 21.3 Å². The highest BCUT2D eigenvalue weighted by molar-refractivity contribution is 7.94. The zero-order chi connectivity index (χ0) is 8.10. The Morgan fingerprint density at radius 1 is 1.36 bits per heavy atom. The minimum Gasteiger partial charge on any atom is -0.387 e. The van der Waals surface area contributed by atoms with Crippen molar-refractivity contribution in [3.05, 3.63) is 24.3 Å². The van der Waals surface area contributed by atoms with Gasteiger partial charge in [0, 0.05) is 24.8 Å². The molecule has 0 unspecified atom stereocenters. The van der Waals surface area contributed by atoms with Crippen molar-refractivity contribution in [2.75, 3.05) is 19.5 Å². The molecule has 1 aromatic rings. The predicted molar refractivity (Wildman–Crippen MR) is 48.9 cm³/mol. The lowest BCUT2D eigenvalue weighted by atomic mass is 10.3. The largest absolute Gasteiger partial charge is 0.387 e. The summed E-state index contributed by atoms with van der Waals surface area (Å²) in [5, 5.41) is 3.08. The fourth-order valence-corrected chi connectivity index (χ4v) is 1.41. The number of benzene rings is 1. The summed E-state index contributed by atoms with van der Waals surface area (Å²) >= 11 is 1.36. The van der Waals surface area contributed by atoms with Crippen molar-refractivity contribution in [1.82, 2.24) is 0 Å². The maximum absolute atomic E-state index is 4.95. The lowest BCUT2D eigenvalue weighted by Crippen LogP contribution is -1.89. The average Bonchev–Trinajstić information content (AvgIpc) is 2.06. The first kappa shape index (κ1) is 8.43. The lowest BCUT2D eigenvalue weighted by Gasteiger charge is -2.04. The van der Waals surface area contributed by atoms with Crippen molar-refractivity contribution in [3.63, 3.8) is 0 Å². The van der Waals surface area contributed by atoms with Gasteiger partial charge in [0.2, 0.25) is 0 Å². The fraction of sp³-hybridized carbons (Fsp3) is 0.250. The van der Waals surface area contributed by atoms with Gasteiger partial charge in [-0.1, -0.05) is 12.1 Å². The van der Waals surface area contributed by atoms with Crippen LogP contribution in [0.25, 0.3) is 0 Å². The van der Waals surface area contributed by atoms with Crippen molar-refractivity contribution in [2.24, 2.45) is 0 Å². The lowest BCUT2D eigenvalue weighted by molar-refractivity contribution is 0.490. The third kappa shape index (κ3) is 2.13. The minimum absolute atomic E-state index is 1.10. The van der Waals surface area contributed by atoms with Crippen molar-refractivity contribution in [1.29, 1.82) is 0 Å². The SMILES string of the molecule is CNc1ccccc1SOC. The molecule has 60 valence electrons. The molecule has 0 heterocycles. The van der Waals surface area contributed by atoms with Gasteiger partial charge in [-0.2, -0.15) is 0 Å². The molecule has 0 bridgehead atoms. The van der Waals surface area contributed by atoms with Gasteiger partial charge in [0.1, 0.15) is 0 Å². The Labute approximate surface area is 71.2 Å². The molecule has 0 amide bonds. The average molecular weight is 169 g/mol. The number of para-hydroxylation sites is 1. The molecule has 1 N–H and O–H groups in total. The van der Waals surface area contributed by atoms with Crippen LogP contribution in [0.5, 0.6) is 0 Å². The number of anilines is 1. The highest BCUT2D eigenvalue weighted by atomic mass is 32.2. The Bertz CT molecular complexity index is 227. The standard InChI is InChI=1S/C8H11NOS/c1-9-7-5-3-4-6-8(7)11-10-2/h3-6,9H,1-2H3. The second-order valence-electron chi connectivity index (χ2n) is 2.00. The van der Waals surface area contributed by atoms with Gasteiger partial charge in [0.05, 0.1) is 12.0 Å². The Morgan fingerprint density at radius 2 is 2.09 bits per heavy atom. The first-order chi connectivity index (χ1) is 5.38. The van der Waals surface area contributed by atoms with Gasteiger partial charge in [0.15, 0.2) is 0 Å². The molecule has 0 saturated carbocycles. The number of rotatable bonds is 3. The summed E-state index contributed by atoms with van der Waals surface area (Å²) in [5.74, 6) is 0. The maximum atomic E-state index is 4.95. The van der Waals surface area contributed by atoms with Gasteiger partial charge in [-0.15, -0.1) is 0 Å². The quantitative estimate of drug-likeness (QED) is 0.702. The van der Waals surface area contributed by atoms with Gasteiger partial charge < -0.3 is 9.50 Å². The number of hydrogen-bond donors (Lipinski definition) is 1. The molecule has 0 aromatic heterocycles. The van der Waals surface area contributed by atoms with E-state index >= 15 is 0 Å². The molecular formula is C8H11NOS. The highest BCUT2D eigenvalue weighted by Crippen LogP contribution is 2.26. The highest BCUT2D eigenvalue weighted by Gasteiger charge is 1.97. The molecule has 0 fully saturated rings. The summed E-state index contributed by atoms with van der Waals surface area (Å²) in [5.41, 5.74) is 1.10. The van der Waals surface area contributed by atoms with Crippen molar-refractivity contribution >= 4 is 17.7 Å². The van der Waals surface area contributed by atoms with Crippen LogP contribution in [0.4, 0.5) is 5.69 Å². The van der Waals surface area contributed by atoms with E-state index in [9.17, 15) is 0 Å². The van der Waals surface area contributed by atoms with E-state index in [2.05, 4.69) is 5.32 Å². The van der Waals surface area contributed by atoms with Crippen LogP contribution in [-0.2, 0) is 4.18 Å². The van der Waals surface area contributed by atoms with E-state index < -0.39 is 0 Å². The predicted octanol–water partition coefficient (Wildman–Crippen LogP) is 2.38. The second-order valence-corrected chi connectivity index (χ2v) is 2.94. The van der Waals surface area contributed by atoms with E-state index in [-0.39, 0.29) is 0 Å². The van der Waals surface area contributed by atoms with Crippen LogP contribution < -0.4 is 5.32 Å². The molecule has 1 aromatic carbocycles. The van der Waals surface area contributed by atoms with Crippen LogP contribution in [0.15, 0.2) is 29.2 Å². The maximum Gasteiger partial charge on any atom is 0.0584 e. The van der Waals surface area contributed by atoms with Crippen LogP contribution in [0, 0.1) is 0 Å². The molecule has 11 heavy (non-hydrogen) atoms. The third-order valence-corrected chi connectivity index (χ3v) is 2.03. The van der Waals surface area contributed by atoms with Crippen LogP contribution >= 0.6 is 12.0 Å². The third-order valence-electron chi connectivity index (χ3n) is 1.33. The van der Waals surface area contributed by atoms with E-state index in [1.165, 1.54) is 12.0 Å². The molecule has 0 atom stereocenters. The minimum atomic E-state index is 1.10. The monoisotopic (exact) mass is 169 g/mol. The first-order valence-electron chi connectivity index (χ1n) is 3.36. The first-order valence-corrected chi connectivity index (χ1v) is 4.10. The van der Waals surface area contributed by atoms with Gasteiger partial charge in [0.25, 0.3) is 0 Å². The van der Waals surface area contributed by atoms with E-state index in [0.717, 1.165) is 10.6 Å². The normalized spacial score (nSPS) is 9.64. The summed E-state index contributed by atoms with van der Waals surface area (Å²) < 4.78 is 4.95. The molecule has 0 spiro atoms. The Hall–Kier alpha value is -0.670. The van der Waals surface area contributed by atoms with Crippen LogP contribution in [0.3, 0.4) is 0 Å². The van der Waals surface area contributed by atoms with Crippen LogP contribution in [-0.4, -0.2) is 14.2 Å². The Kier molecular flexibility index (Phi) is 3.26. The summed E-state index contributed by atoms with van der Waals surface area (Å²) in [7, 11) is 3.56. The molecular weight excluding hydrogens is 158 g/mol. The molecule has 2 nitrogen and oxygen atoms in total. The van der Waals surface area contributed by atoms with E-state index in [4.69, 9.17) is 4.18 Å². The van der Waals surface area contributed by atoms with Gasteiger partial charge >= 0.3 is 0 Å². The Balaban J connectivity index is 2.83. The van der Waals surface area contributed by atoms with Crippen LogP contribution in [0.1, 0.15) is 0 Å². The molecule has 0 aliphatic carbocycles. The molecule has 0 radical (unpaired) electrons. The molecule has 0 saturated heterocycles. The summed E-state index contributed by atoms with van der Waals surface area (Å²) in [6.45, 7) is 0. The zero-order valence-corrected chi connectivity index (χ0v) is 7.44. The van der Waals surface area contributed by atoms with Gasteiger partial charge in [-0.25, -0.2) is 0 Å². The van der Waals surface area contributed by atoms with Gasteiger partial charge in [-0.05, 0) is 12.1 Å². The summed E-state index contributed by atoms with van der Waals surface area (Å²) in [6, 6.07) is 8.01. The van der Waals surface area contributed by atoms with Crippen LogP contribution in [0.2, 0.25) is 0 Å². The smallest absolute Gasteiger partial charge is 0.0584 e. The zero-order valence-electron chi connectivity index (χ0n) is 6.63. The molecule has 0 aliphatic heterocycles. The van der Waals surface area contributed by atoms with Gasteiger partial charge in [-0.3, -0.25) is 0 Å². The summed E-state index contributed by atoms with van der Waals surface area (Å²) in [6.07, 6.45) is 0. The Morgan fingerprint density at radius 3 is 2.73 bits per heavy atom. The van der Waals surface area contributed by atoms with Crippen molar-refractivity contribution in [2.45, 2.75) is 4.90 Å². The van der Waals surface area contributed by atoms with E-state index in [0.29, 0.717) is 0 Å². The summed E-state index contributed by atoms with van der Waals surface area (Å²) in [4.78, 5) is 1.11. The van der Waals surface area contributed by atoms with E-state index in [1.54, 1.807) is 7.11 Å². The molecule has 0 aliphatic rings. The fourth-order valence-electron chi connectivity index (χ4n) is 0.836. The van der Waals surface area contributed by atoms with Crippen molar-refractivity contribution < 1.29 is 4.18 Å². The molecule has 1 rings (SSSR count). The van der Waals surface area contributed by atoms with E-state index in [1.807, 2.05) is 31.3 Å². The molecule has 3 heteroatoms. The number of hydrogen-bond acceptors (Lipinski definition) is 3. The second kappa shape index (κ2) is 4.26.